The van der Waals surface area contributed by atoms with Crippen LogP contribution in [0.25, 0.3) is 0 Å². The summed E-state index contributed by atoms with van der Waals surface area (Å²) in [4.78, 5) is 14.7. The minimum absolute atomic E-state index is 0.201. The van der Waals surface area contributed by atoms with Gasteiger partial charge in [-0.3, -0.25) is 4.79 Å². The number of rotatable bonds is 7. The number of hydrogen-bond acceptors (Lipinski definition) is 4. The number of amides is 1. The van der Waals surface area contributed by atoms with Crippen LogP contribution in [0.1, 0.15) is 37.3 Å². The van der Waals surface area contributed by atoms with Crippen molar-refractivity contribution in [3.63, 3.8) is 0 Å². The molecule has 6 heteroatoms. The first-order valence-electron chi connectivity index (χ1n) is 8.17. The number of carbonyl (C=O) groups is 1. The molecule has 0 radical (unpaired) electrons. The average Bonchev–Trinajstić information content (AvgIpc) is 3.50. The molecule has 23 heavy (non-hydrogen) atoms. The van der Waals surface area contributed by atoms with Gasteiger partial charge in [0.15, 0.2) is 5.16 Å². The van der Waals surface area contributed by atoms with Gasteiger partial charge in [-0.1, -0.05) is 42.1 Å². The third-order valence-corrected chi connectivity index (χ3v) is 5.25. The van der Waals surface area contributed by atoms with Crippen LogP contribution in [0.4, 0.5) is 0 Å². The van der Waals surface area contributed by atoms with Crippen LogP contribution in [0, 0.1) is 0 Å². The van der Waals surface area contributed by atoms with Crippen molar-refractivity contribution in [2.24, 2.45) is 0 Å². The molecule has 1 heterocycles. The molecule has 0 bridgehead atoms. The molecule has 0 atom stereocenters. The standard InChI is InChI=1S/C17H20N4OS/c22-16(11-23-17-19-18-12-21(17)15-8-9-15)20(14-6-7-14)10-13-4-2-1-3-5-13/h1-5,12,14-15H,6-11H2. The van der Waals surface area contributed by atoms with E-state index in [0.29, 0.717) is 24.4 Å². The van der Waals surface area contributed by atoms with Gasteiger partial charge in [0.2, 0.25) is 5.91 Å². The van der Waals surface area contributed by atoms with Crippen molar-refractivity contribution >= 4 is 17.7 Å². The molecule has 2 aliphatic rings. The Morgan fingerprint density at radius 2 is 2.00 bits per heavy atom. The molecule has 2 aromatic rings. The van der Waals surface area contributed by atoms with Gasteiger partial charge in [-0.05, 0) is 31.2 Å². The maximum atomic E-state index is 12.7. The number of benzene rings is 1. The maximum absolute atomic E-state index is 12.7. The summed E-state index contributed by atoms with van der Waals surface area (Å²) in [7, 11) is 0. The van der Waals surface area contributed by atoms with E-state index in [4.69, 9.17) is 0 Å². The minimum atomic E-state index is 0.201. The quantitative estimate of drug-likeness (QED) is 0.733. The molecule has 120 valence electrons. The lowest BCUT2D eigenvalue weighted by atomic mass is 10.2. The molecule has 0 N–H and O–H groups in total. The highest BCUT2D eigenvalue weighted by molar-refractivity contribution is 7.99. The lowest BCUT2D eigenvalue weighted by molar-refractivity contribution is -0.129. The van der Waals surface area contributed by atoms with Gasteiger partial charge in [0, 0.05) is 18.6 Å². The zero-order valence-corrected chi connectivity index (χ0v) is 13.8. The van der Waals surface area contributed by atoms with E-state index >= 15 is 0 Å². The van der Waals surface area contributed by atoms with Crippen molar-refractivity contribution in [2.75, 3.05) is 5.75 Å². The van der Waals surface area contributed by atoms with Crippen molar-refractivity contribution in [1.29, 1.82) is 0 Å². The molecule has 4 rings (SSSR count). The van der Waals surface area contributed by atoms with E-state index in [-0.39, 0.29) is 5.91 Å². The van der Waals surface area contributed by atoms with Crippen molar-refractivity contribution in [1.82, 2.24) is 19.7 Å². The van der Waals surface area contributed by atoms with Gasteiger partial charge in [-0.15, -0.1) is 10.2 Å². The van der Waals surface area contributed by atoms with E-state index in [2.05, 4.69) is 26.9 Å². The molecule has 2 fully saturated rings. The van der Waals surface area contributed by atoms with Gasteiger partial charge in [0.1, 0.15) is 6.33 Å². The van der Waals surface area contributed by atoms with Gasteiger partial charge in [-0.25, -0.2) is 0 Å². The number of nitrogens with zero attached hydrogens (tertiary/aromatic N) is 4. The van der Waals surface area contributed by atoms with Gasteiger partial charge >= 0.3 is 0 Å². The zero-order valence-electron chi connectivity index (χ0n) is 13.0. The van der Waals surface area contributed by atoms with E-state index in [1.807, 2.05) is 23.1 Å². The Bertz CT molecular complexity index is 679. The molecule has 0 saturated heterocycles. The predicted molar refractivity (Wildman–Crippen MR) is 89.0 cm³/mol. The molecular formula is C17H20N4OS. The fourth-order valence-corrected chi connectivity index (χ4v) is 3.60. The third kappa shape index (κ3) is 3.58. The van der Waals surface area contributed by atoms with Crippen LogP contribution in [0.3, 0.4) is 0 Å². The van der Waals surface area contributed by atoms with E-state index in [9.17, 15) is 4.79 Å². The highest BCUT2D eigenvalue weighted by Gasteiger charge is 2.33. The molecule has 2 aliphatic carbocycles. The van der Waals surface area contributed by atoms with Gasteiger partial charge in [-0.2, -0.15) is 0 Å². The van der Waals surface area contributed by atoms with Gasteiger partial charge < -0.3 is 9.47 Å². The molecule has 1 aromatic heterocycles. The van der Waals surface area contributed by atoms with Crippen LogP contribution in [-0.4, -0.2) is 37.4 Å². The first-order valence-corrected chi connectivity index (χ1v) is 9.15. The Labute approximate surface area is 140 Å². The van der Waals surface area contributed by atoms with Crippen LogP contribution >= 0.6 is 11.8 Å². The molecule has 0 spiro atoms. The summed E-state index contributed by atoms with van der Waals surface area (Å²) in [5.41, 5.74) is 1.19. The normalized spacial score (nSPS) is 17.2. The second-order valence-corrected chi connectivity index (χ2v) is 7.22. The fraction of sp³-hybridized carbons (Fsp3) is 0.471. The largest absolute Gasteiger partial charge is 0.335 e. The van der Waals surface area contributed by atoms with E-state index < -0.39 is 0 Å². The molecule has 5 nitrogen and oxygen atoms in total. The van der Waals surface area contributed by atoms with E-state index in [1.165, 1.54) is 30.2 Å². The SMILES string of the molecule is O=C(CSc1nncn1C1CC1)N(Cc1ccccc1)C1CC1. The summed E-state index contributed by atoms with van der Waals surface area (Å²) < 4.78 is 2.11. The Morgan fingerprint density at radius 3 is 2.70 bits per heavy atom. The predicted octanol–water partition coefficient (Wildman–Crippen LogP) is 2.90. The van der Waals surface area contributed by atoms with Crippen LogP contribution < -0.4 is 0 Å². The monoisotopic (exact) mass is 328 g/mol. The van der Waals surface area contributed by atoms with Crippen LogP contribution in [0.2, 0.25) is 0 Å². The lowest BCUT2D eigenvalue weighted by Gasteiger charge is -2.22. The van der Waals surface area contributed by atoms with Crippen molar-refractivity contribution in [2.45, 2.75) is 49.5 Å². The minimum Gasteiger partial charge on any atom is -0.335 e. The summed E-state index contributed by atoms with van der Waals surface area (Å²) >= 11 is 1.51. The van der Waals surface area contributed by atoms with Crippen molar-refractivity contribution in [3.05, 3.63) is 42.2 Å². The van der Waals surface area contributed by atoms with E-state index in [0.717, 1.165) is 18.0 Å². The topological polar surface area (TPSA) is 51.0 Å². The number of hydrogen-bond donors (Lipinski definition) is 0. The molecule has 0 aliphatic heterocycles. The highest BCUT2D eigenvalue weighted by Crippen LogP contribution is 2.37. The third-order valence-electron chi connectivity index (χ3n) is 4.31. The molecular weight excluding hydrogens is 308 g/mol. The molecule has 0 unspecified atom stereocenters. The maximum Gasteiger partial charge on any atom is 0.233 e. The molecule has 1 amide bonds. The molecule has 1 aromatic carbocycles. The molecule has 2 saturated carbocycles. The van der Waals surface area contributed by atoms with Crippen LogP contribution in [0.5, 0.6) is 0 Å². The Balaban J connectivity index is 1.38. The Morgan fingerprint density at radius 1 is 1.22 bits per heavy atom. The zero-order chi connectivity index (χ0) is 15.6. The van der Waals surface area contributed by atoms with Crippen LogP contribution in [0.15, 0.2) is 41.8 Å². The Hall–Kier alpha value is -1.82. The van der Waals surface area contributed by atoms with E-state index in [1.54, 1.807) is 6.33 Å². The smallest absolute Gasteiger partial charge is 0.233 e. The second-order valence-electron chi connectivity index (χ2n) is 6.28. The summed E-state index contributed by atoms with van der Waals surface area (Å²) in [6, 6.07) is 11.2. The first-order chi connectivity index (χ1) is 11.3. The summed E-state index contributed by atoms with van der Waals surface area (Å²) in [5, 5.41) is 9.02. The van der Waals surface area contributed by atoms with Gasteiger partial charge in [0.05, 0.1) is 5.75 Å². The first kappa shape index (κ1) is 14.8. The van der Waals surface area contributed by atoms with Crippen molar-refractivity contribution < 1.29 is 4.79 Å². The van der Waals surface area contributed by atoms with Gasteiger partial charge in [0.25, 0.3) is 0 Å². The lowest BCUT2D eigenvalue weighted by Crippen LogP contribution is -2.34. The number of aromatic nitrogens is 3. The average molecular weight is 328 g/mol. The number of carbonyl (C=O) groups excluding carboxylic acids is 1. The Kier molecular flexibility index (Phi) is 4.08. The fourth-order valence-electron chi connectivity index (χ4n) is 2.73. The summed E-state index contributed by atoms with van der Waals surface area (Å²) in [6.07, 6.45) is 6.43. The summed E-state index contributed by atoms with van der Waals surface area (Å²) in [6.45, 7) is 0.709. The highest BCUT2D eigenvalue weighted by atomic mass is 32.2. The summed E-state index contributed by atoms with van der Waals surface area (Å²) in [5.74, 6) is 0.640. The van der Waals surface area contributed by atoms with Crippen molar-refractivity contribution in [3.8, 4) is 0 Å². The number of thioether (sulfide) groups is 1. The second kappa shape index (κ2) is 6.35. The van der Waals surface area contributed by atoms with Crippen LogP contribution in [-0.2, 0) is 11.3 Å².